The number of hydrogen-bond acceptors (Lipinski definition) is 4. The summed E-state index contributed by atoms with van der Waals surface area (Å²) in [6.45, 7) is 28.5. The van der Waals surface area contributed by atoms with E-state index in [1.807, 2.05) is 34.6 Å². The molecule has 0 unspecified atom stereocenters. The summed E-state index contributed by atoms with van der Waals surface area (Å²) < 4.78 is 23.2. The van der Waals surface area contributed by atoms with Crippen molar-refractivity contribution in [1.29, 1.82) is 0 Å². The maximum atomic E-state index is 5.88. The van der Waals surface area contributed by atoms with Crippen LogP contribution in [-0.4, -0.2) is 34.0 Å². The molecule has 0 aromatic carbocycles. The molecule has 25 heavy (non-hydrogen) atoms. The summed E-state index contributed by atoms with van der Waals surface area (Å²) in [6.07, 6.45) is 0.889. The van der Waals surface area contributed by atoms with Gasteiger partial charge in [-0.2, -0.15) is 0 Å². The largest absolute Gasteiger partial charge is 0.342 e. The molecule has 0 amide bonds. The van der Waals surface area contributed by atoms with Crippen LogP contribution in [0.15, 0.2) is 0 Å². The average Bonchev–Trinajstić information content (AvgIpc) is 2.63. The molecule has 2 aliphatic rings. The zero-order valence-electron chi connectivity index (χ0n) is 19.3. The van der Waals surface area contributed by atoms with E-state index >= 15 is 0 Å². The van der Waals surface area contributed by atoms with Gasteiger partial charge in [-0.05, 0) is 82.6 Å². The van der Waals surface area contributed by atoms with E-state index in [1.54, 1.807) is 0 Å². The molecule has 4 heteroatoms. The molecule has 0 bridgehead atoms. The van der Waals surface area contributed by atoms with Crippen molar-refractivity contribution in [1.82, 2.24) is 0 Å². The van der Waals surface area contributed by atoms with Gasteiger partial charge >= 0.3 is 0 Å². The molecular formula is C21H44O4. The van der Waals surface area contributed by atoms with E-state index in [-0.39, 0.29) is 22.4 Å². The van der Waals surface area contributed by atoms with Crippen LogP contribution in [0.4, 0.5) is 0 Å². The van der Waals surface area contributed by atoms with Crippen molar-refractivity contribution < 1.29 is 18.9 Å². The van der Waals surface area contributed by atoms with Gasteiger partial charge in [0.15, 0.2) is 11.6 Å². The Morgan fingerprint density at radius 2 is 0.720 bits per heavy atom. The van der Waals surface area contributed by atoms with Gasteiger partial charge in [0.1, 0.15) is 0 Å². The first-order chi connectivity index (χ1) is 10.9. The second kappa shape index (κ2) is 7.46. The Hall–Kier alpha value is -0.160. The van der Waals surface area contributed by atoms with E-state index in [9.17, 15) is 0 Å². The Morgan fingerprint density at radius 1 is 0.480 bits per heavy atom. The fraction of sp³-hybridized carbons (Fsp3) is 1.00. The summed E-state index contributed by atoms with van der Waals surface area (Å²) in [6, 6.07) is 0. The van der Waals surface area contributed by atoms with Crippen molar-refractivity contribution in [2.75, 3.05) is 0 Å². The van der Waals surface area contributed by atoms with Crippen LogP contribution in [-0.2, 0) is 18.9 Å². The van der Waals surface area contributed by atoms with Crippen LogP contribution in [0.2, 0.25) is 0 Å². The van der Waals surface area contributed by atoms with E-state index in [2.05, 4.69) is 62.3 Å². The lowest BCUT2D eigenvalue weighted by atomic mass is 9.90. The molecular weight excluding hydrogens is 316 g/mol. The zero-order chi connectivity index (χ0) is 20.5. The lowest BCUT2D eigenvalue weighted by molar-refractivity contribution is -0.179. The molecule has 0 aliphatic carbocycles. The second-order valence-corrected chi connectivity index (χ2v) is 9.34. The Kier molecular flexibility index (Phi) is 7.41. The third-order valence-electron chi connectivity index (χ3n) is 5.49. The van der Waals surface area contributed by atoms with Gasteiger partial charge in [-0.15, -0.1) is 0 Å². The summed E-state index contributed by atoms with van der Waals surface area (Å²) in [4.78, 5) is 0. The Labute approximate surface area is 156 Å². The molecule has 152 valence electrons. The Morgan fingerprint density at radius 3 is 0.840 bits per heavy atom. The second-order valence-electron chi connectivity index (χ2n) is 9.34. The molecule has 0 aromatic heterocycles. The summed E-state index contributed by atoms with van der Waals surface area (Å²) >= 11 is 0. The highest BCUT2D eigenvalue weighted by molar-refractivity contribution is 4.97. The van der Waals surface area contributed by atoms with Crippen LogP contribution in [0.3, 0.4) is 0 Å². The van der Waals surface area contributed by atoms with Crippen molar-refractivity contribution in [3.8, 4) is 0 Å². The minimum absolute atomic E-state index is 0.197. The van der Waals surface area contributed by atoms with E-state index < -0.39 is 11.6 Å². The van der Waals surface area contributed by atoms with Crippen molar-refractivity contribution in [2.24, 2.45) is 0 Å². The third-order valence-corrected chi connectivity index (χ3v) is 5.49. The number of rotatable bonds is 1. The lowest BCUT2D eigenvalue weighted by Gasteiger charge is -2.30. The third kappa shape index (κ3) is 5.66. The lowest BCUT2D eigenvalue weighted by Crippen LogP contribution is -2.41. The zero-order valence-corrected chi connectivity index (χ0v) is 19.3. The SMILES string of the molecule is CC.CC1(C)OC(C)(C)C(C)(C)O1.CCC1(C)OC(C)(C)C(C)(C)O1. The van der Waals surface area contributed by atoms with Gasteiger partial charge in [0.05, 0.1) is 22.4 Å². The number of ether oxygens (including phenoxy) is 4. The van der Waals surface area contributed by atoms with Crippen LogP contribution >= 0.6 is 0 Å². The van der Waals surface area contributed by atoms with Crippen LogP contribution in [0.25, 0.3) is 0 Å². The fourth-order valence-electron chi connectivity index (χ4n) is 2.99. The first-order valence-corrected chi connectivity index (χ1v) is 9.69. The molecule has 0 saturated carbocycles. The molecule has 0 aromatic rings. The summed E-state index contributed by atoms with van der Waals surface area (Å²) in [5.74, 6) is -0.833. The fourth-order valence-corrected chi connectivity index (χ4v) is 2.99. The van der Waals surface area contributed by atoms with Crippen molar-refractivity contribution >= 4 is 0 Å². The minimum Gasteiger partial charge on any atom is -0.342 e. The van der Waals surface area contributed by atoms with E-state index in [1.165, 1.54) is 0 Å². The van der Waals surface area contributed by atoms with Crippen molar-refractivity contribution in [3.05, 3.63) is 0 Å². The van der Waals surface area contributed by atoms with Gasteiger partial charge in [0.25, 0.3) is 0 Å². The molecule has 2 aliphatic heterocycles. The average molecular weight is 361 g/mol. The normalized spacial score (nSPS) is 29.0. The summed E-state index contributed by atoms with van der Waals surface area (Å²) in [5.41, 5.74) is -0.789. The van der Waals surface area contributed by atoms with Gasteiger partial charge in [0, 0.05) is 0 Å². The van der Waals surface area contributed by atoms with Crippen LogP contribution in [0, 0.1) is 0 Å². The summed E-state index contributed by atoms with van der Waals surface area (Å²) in [5, 5.41) is 0. The quantitative estimate of drug-likeness (QED) is 0.569. The van der Waals surface area contributed by atoms with Crippen LogP contribution in [0.1, 0.15) is 103 Å². The molecule has 2 rings (SSSR count). The smallest absolute Gasteiger partial charge is 0.166 e. The van der Waals surface area contributed by atoms with Crippen LogP contribution < -0.4 is 0 Å². The standard InChI is InChI=1S/C10H20O2.C9H18O2.C2H6/c1-7-10(6)11-8(2,3)9(4,5)12-10;1-7(2)8(3,4)11-9(5,6)10-7;1-2/h7H2,1-6H3;1-6H3;1-2H3. The molecule has 2 heterocycles. The topological polar surface area (TPSA) is 36.9 Å². The highest BCUT2D eigenvalue weighted by Crippen LogP contribution is 2.45. The molecule has 2 fully saturated rings. The van der Waals surface area contributed by atoms with E-state index in [0.29, 0.717) is 0 Å². The maximum absolute atomic E-state index is 5.88. The first kappa shape index (κ1) is 24.8. The van der Waals surface area contributed by atoms with Gasteiger partial charge in [-0.3, -0.25) is 0 Å². The molecule has 0 atom stereocenters. The van der Waals surface area contributed by atoms with Crippen molar-refractivity contribution in [3.63, 3.8) is 0 Å². The Bertz CT molecular complexity index is 399. The van der Waals surface area contributed by atoms with Gasteiger partial charge in [0.2, 0.25) is 0 Å². The number of hydrogen-bond donors (Lipinski definition) is 0. The maximum Gasteiger partial charge on any atom is 0.166 e. The molecule has 0 N–H and O–H groups in total. The Balaban J connectivity index is 0.000000421. The van der Waals surface area contributed by atoms with E-state index in [4.69, 9.17) is 18.9 Å². The molecule has 4 nitrogen and oxygen atoms in total. The molecule has 0 radical (unpaired) electrons. The van der Waals surface area contributed by atoms with Crippen LogP contribution in [0.5, 0.6) is 0 Å². The monoisotopic (exact) mass is 360 g/mol. The first-order valence-electron chi connectivity index (χ1n) is 9.69. The molecule has 0 spiro atoms. The van der Waals surface area contributed by atoms with Gasteiger partial charge in [-0.1, -0.05) is 20.8 Å². The van der Waals surface area contributed by atoms with E-state index in [0.717, 1.165) is 6.42 Å². The minimum atomic E-state index is -0.438. The highest BCUT2D eigenvalue weighted by atomic mass is 16.8. The molecule has 2 saturated heterocycles. The highest BCUT2D eigenvalue weighted by Gasteiger charge is 2.54. The van der Waals surface area contributed by atoms with Gasteiger partial charge in [-0.25, -0.2) is 0 Å². The summed E-state index contributed by atoms with van der Waals surface area (Å²) in [7, 11) is 0. The predicted octanol–water partition coefficient (Wildman–Crippen LogP) is 6.07. The van der Waals surface area contributed by atoms with Gasteiger partial charge < -0.3 is 18.9 Å². The predicted molar refractivity (Wildman–Crippen MR) is 105 cm³/mol. The van der Waals surface area contributed by atoms with Crippen molar-refractivity contribution in [2.45, 2.75) is 137 Å².